The zero-order valence-corrected chi connectivity index (χ0v) is 17.5. The van der Waals surface area contributed by atoms with Crippen LogP contribution in [0.15, 0.2) is 53.7 Å². The molecule has 6 nitrogen and oxygen atoms in total. The number of amides is 1. The zero-order valence-electron chi connectivity index (χ0n) is 16.7. The van der Waals surface area contributed by atoms with Crippen molar-refractivity contribution in [1.29, 1.82) is 0 Å². The summed E-state index contributed by atoms with van der Waals surface area (Å²) in [4.78, 5) is 17.2. The van der Waals surface area contributed by atoms with Gasteiger partial charge in [0.05, 0.1) is 11.3 Å². The fourth-order valence-corrected chi connectivity index (χ4v) is 3.92. The highest BCUT2D eigenvalue weighted by Crippen LogP contribution is 2.29. The van der Waals surface area contributed by atoms with E-state index < -0.39 is 0 Å². The van der Waals surface area contributed by atoms with Crippen molar-refractivity contribution in [2.24, 2.45) is 0 Å². The van der Waals surface area contributed by atoms with Crippen LogP contribution in [0.2, 0.25) is 0 Å². The van der Waals surface area contributed by atoms with Crippen LogP contribution in [-0.4, -0.2) is 37.3 Å². The Bertz CT molecular complexity index is 1190. The largest absolute Gasteiger partial charge is 0.353 e. The fraction of sp³-hybridized carbons (Fsp3) is 0.273. The van der Waals surface area contributed by atoms with E-state index in [1.54, 1.807) is 0 Å². The number of carbonyl (C=O) groups is 1. The third-order valence-electron chi connectivity index (χ3n) is 4.84. The molecule has 1 atom stereocenters. The highest BCUT2D eigenvalue weighted by molar-refractivity contribution is 7.99. The van der Waals surface area contributed by atoms with E-state index in [0.29, 0.717) is 5.16 Å². The van der Waals surface area contributed by atoms with Crippen molar-refractivity contribution >= 4 is 34.2 Å². The van der Waals surface area contributed by atoms with E-state index in [-0.39, 0.29) is 17.7 Å². The van der Waals surface area contributed by atoms with Gasteiger partial charge in [-0.1, -0.05) is 54.6 Å². The Hall–Kier alpha value is -2.93. The van der Waals surface area contributed by atoms with E-state index >= 15 is 0 Å². The Morgan fingerprint density at radius 1 is 1.17 bits per heavy atom. The van der Waals surface area contributed by atoms with Gasteiger partial charge >= 0.3 is 0 Å². The molecule has 0 bridgehead atoms. The van der Waals surface area contributed by atoms with Gasteiger partial charge < -0.3 is 5.32 Å². The molecule has 0 radical (unpaired) electrons. The molecule has 0 aliphatic rings. The topological polar surface area (TPSA) is 72.2 Å². The summed E-state index contributed by atoms with van der Waals surface area (Å²) >= 11 is 1.38. The van der Waals surface area contributed by atoms with E-state index in [9.17, 15) is 4.79 Å². The average Bonchev–Trinajstić information content (AvgIpc) is 3.16. The molecule has 0 saturated heterocycles. The van der Waals surface area contributed by atoms with Crippen molar-refractivity contribution in [2.45, 2.75) is 38.4 Å². The average molecular weight is 406 g/mol. The normalized spacial score (nSPS) is 12.4. The second-order valence-electron chi connectivity index (χ2n) is 7.13. The predicted octanol–water partition coefficient (Wildman–Crippen LogP) is 4.26. The number of benzene rings is 2. The molecule has 29 heavy (non-hydrogen) atoms. The minimum Gasteiger partial charge on any atom is -0.353 e. The molecular formula is C22H23N5OS. The SMILES string of the molecule is CC[C@@H](C)NC(=O)CSc1nnc2c3ccccc3nc(-c3cccc(C)c3)n12. The summed E-state index contributed by atoms with van der Waals surface area (Å²) in [6.07, 6.45) is 0.900. The van der Waals surface area contributed by atoms with Gasteiger partial charge in [0.15, 0.2) is 10.8 Å². The van der Waals surface area contributed by atoms with Gasteiger partial charge in [-0.2, -0.15) is 0 Å². The van der Waals surface area contributed by atoms with Crippen LogP contribution in [0.5, 0.6) is 0 Å². The van der Waals surface area contributed by atoms with Gasteiger partial charge in [0.1, 0.15) is 5.82 Å². The second kappa shape index (κ2) is 8.21. The van der Waals surface area contributed by atoms with Gasteiger partial charge in [0, 0.05) is 17.0 Å². The number of hydrogen-bond acceptors (Lipinski definition) is 5. The van der Waals surface area contributed by atoms with Crippen LogP contribution >= 0.6 is 11.8 Å². The minimum absolute atomic E-state index is 0.00745. The first-order valence-electron chi connectivity index (χ1n) is 9.70. The molecule has 2 heterocycles. The van der Waals surface area contributed by atoms with E-state index in [2.05, 4.69) is 41.5 Å². The summed E-state index contributed by atoms with van der Waals surface area (Å²) in [5.74, 6) is 1.05. The van der Waals surface area contributed by atoms with Crippen LogP contribution in [0.1, 0.15) is 25.8 Å². The van der Waals surface area contributed by atoms with Crippen molar-refractivity contribution in [1.82, 2.24) is 24.9 Å². The zero-order chi connectivity index (χ0) is 20.4. The summed E-state index contributed by atoms with van der Waals surface area (Å²) in [6, 6.07) is 16.3. The first-order valence-corrected chi connectivity index (χ1v) is 10.7. The van der Waals surface area contributed by atoms with Crippen molar-refractivity contribution in [3.8, 4) is 11.4 Å². The minimum atomic E-state index is -0.00745. The first kappa shape index (κ1) is 19.4. The number of thioether (sulfide) groups is 1. The lowest BCUT2D eigenvalue weighted by Gasteiger charge is -2.12. The summed E-state index contributed by atoms with van der Waals surface area (Å²) in [5, 5.41) is 13.4. The van der Waals surface area contributed by atoms with Gasteiger partial charge in [-0.25, -0.2) is 4.98 Å². The lowest BCUT2D eigenvalue weighted by Crippen LogP contribution is -2.33. The number of nitrogens with zero attached hydrogens (tertiary/aromatic N) is 4. The van der Waals surface area contributed by atoms with Gasteiger partial charge in [0.25, 0.3) is 0 Å². The molecule has 4 rings (SSSR count). The van der Waals surface area contributed by atoms with E-state index in [0.717, 1.165) is 39.9 Å². The molecule has 0 spiro atoms. The molecular weight excluding hydrogens is 382 g/mol. The summed E-state index contributed by atoms with van der Waals surface area (Å²) < 4.78 is 1.96. The standard InChI is InChI=1S/C22H23N5OS/c1-4-15(3)23-19(28)13-29-22-26-25-21-17-10-5-6-11-18(17)24-20(27(21)22)16-9-7-8-14(2)12-16/h5-12,15H,4,13H2,1-3H3,(H,23,28)/t15-/m1/s1. The number of rotatable bonds is 6. The first-order chi connectivity index (χ1) is 14.1. The van der Waals surface area contributed by atoms with Crippen LogP contribution < -0.4 is 5.32 Å². The third kappa shape index (κ3) is 3.96. The van der Waals surface area contributed by atoms with Crippen LogP contribution in [0, 0.1) is 6.92 Å². The number of aryl methyl sites for hydroxylation is 1. The Kier molecular flexibility index (Phi) is 5.49. The Morgan fingerprint density at radius 2 is 2.00 bits per heavy atom. The van der Waals surface area contributed by atoms with Crippen LogP contribution in [0.25, 0.3) is 27.9 Å². The quantitative estimate of drug-likeness (QED) is 0.485. The number of hydrogen-bond donors (Lipinski definition) is 1. The lowest BCUT2D eigenvalue weighted by molar-refractivity contribution is -0.119. The Morgan fingerprint density at radius 3 is 2.79 bits per heavy atom. The predicted molar refractivity (Wildman–Crippen MR) is 117 cm³/mol. The molecule has 2 aromatic carbocycles. The van der Waals surface area contributed by atoms with Crippen LogP contribution in [0.4, 0.5) is 0 Å². The molecule has 0 fully saturated rings. The van der Waals surface area contributed by atoms with Crippen molar-refractivity contribution < 1.29 is 4.79 Å². The van der Waals surface area contributed by atoms with Crippen molar-refractivity contribution in [3.63, 3.8) is 0 Å². The lowest BCUT2D eigenvalue weighted by atomic mass is 10.1. The number of nitrogens with one attached hydrogen (secondary N) is 1. The maximum Gasteiger partial charge on any atom is 0.230 e. The second-order valence-corrected chi connectivity index (χ2v) is 8.07. The smallest absolute Gasteiger partial charge is 0.230 e. The van der Waals surface area contributed by atoms with Crippen LogP contribution in [-0.2, 0) is 4.79 Å². The number of fused-ring (bicyclic) bond motifs is 3. The summed E-state index contributed by atoms with van der Waals surface area (Å²) in [5.41, 5.74) is 3.76. The van der Waals surface area contributed by atoms with Crippen molar-refractivity contribution in [3.05, 3.63) is 54.1 Å². The third-order valence-corrected chi connectivity index (χ3v) is 5.77. The van der Waals surface area contributed by atoms with Crippen LogP contribution in [0.3, 0.4) is 0 Å². The highest BCUT2D eigenvalue weighted by Gasteiger charge is 2.18. The molecule has 0 unspecified atom stereocenters. The van der Waals surface area contributed by atoms with Gasteiger partial charge in [-0.3, -0.25) is 9.20 Å². The van der Waals surface area contributed by atoms with Crippen molar-refractivity contribution in [2.75, 3.05) is 5.75 Å². The molecule has 1 N–H and O–H groups in total. The highest BCUT2D eigenvalue weighted by atomic mass is 32.2. The van der Waals surface area contributed by atoms with Gasteiger partial charge in [-0.05, 0) is 38.5 Å². The Balaban J connectivity index is 1.80. The Labute approximate surface area is 173 Å². The molecule has 0 aliphatic carbocycles. The molecule has 148 valence electrons. The summed E-state index contributed by atoms with van der Waals surface area (Å²) in [7, 11) is 0. The maximum atomic E-state index is 12.3. The molecule has 4 aromatic rings. The van der Waals surface area contributed by atoms with E-state index in [4.69, 9.17) is 4.98 Å². The number of aromatic nitrogens is 4. The summed E-state index contributed by atoms with van der Waals surface area (Å²) in [6.45, 7) is 6.11. The molecule has 1 amide bonds. The molecule has 0 saturated carbocycles. The van der Waals surface area contributed by atoms with Gasteiger partial charge in [-0.15, -0.1) is 10.2 Å². The molecule has 7 heteroatoms. The number of para-hydroxylation sites is 1. The maximum absolute atomic E-state index is 12.3. The van der Waals surface area contributed by atoms with E-state index in [1.165, 1.54) is 11.8 Å². The molecule has 2 aromatic heterocycles. The monoisotopic (exact) mass is 405 g/mol. The van der Waals surface area contributed by atoms with Gasteiger partial charge in [0.2, 0.25) is 5.91 Å². The van der Waals surface area contributed by atoms with E-state index in [1.807, 2.05) is 47.7 Å². The fourth-order valence-electron chi connectivity index (χ4n) is 3.18. The number of carbonyl (C=O) groups excluding carboxylic acids is 1. The molecule has 0 aliphatic heterocycles.